The first kappa shape index (κ1) is 13.7. The summed E-state index contributed by atoms with van der Waals surface area (Å²) in [5, 5.41) is 3.13. The Balaban J connectivity index is 1.78. The fourth-order valence-corrected chi connectivity index (χ4v) is 3.24. The third-order valence-electron chi connectivity index (χ3n) is 3.62. The van der Waals surface area contributed by atoms with E-state index in [1.54, 1.807) is 6.33 Å². The molecule has 110 valence electrons. The summed E-state index contributed by atoms with van der Waals surface area (Å²) in [6, 6.07) is 0. The monoisotopic (exact) mass is 305 g/mol. The smallest absolute Gasteiger partial charge is 0.260 e. The van der Waals surface area contributed by atoms with Gasteiger partial charge in [-0.2, -0.15) is 0 Å². The predicted molar refractivity (Wildman–Crippen MR) is 78.1 cm³/mol. The third-order valence-corrected chi connectivity index (χ3v) is 4.55. The molecule has 0 bridgehead atoms. The lowest BCUT2D eigenvalue weighted by atomic mass is 9.89. The average molecular weight is 305 g/mol. The van der Waals surface area contributed by atoms with Crippen molar-refractivity contribution in [3.05, 3.63) is 28.8 Å². The Labute approximate surface area is 125 Å². The molecule has 0 aliphatic heterocycles. The Morgan fingerprint density at radius 2 is 2.29 bits per heavy atom. The minimum atomic E-state index is -0.544. The average Bonchev–Trinajstić information content (AvgIpc) is 3.06. The molecule has 0 aromatic carbocycles. The van der Waals surface area contributed by atoms with Crippen molar-refractivity contribution >= 4 is 28.3 Å². The first-order chi connectivity index (χ1) is 10.1. The first-order valence-corrected chi connectivity index (χ1v) is 7.44. The van der Waals surface area contributed by atoms with E-state index in [-0.39, 0.29) is 11.8 Å². The van der Waals surface area contributed by atoms with Crippen LogP contribution in [0.4, 0.5) is 5.13 Å². The van der Waals surface area contributed by atoms with Gasteiger partial charge in [0.15, 0.2) is 5.13 Å². The molecule has 21 heavy (non-hydrogen) atoms. The SMILES string of the molecule is Cn1cnc2c1CCCC2C(=O)Nc1ncc(C(N)=O)s1. The Morgan fingerprint density at radius 3 is 3.00 bits per heavy atom. The van der Waals surface area contributed by atoms with Crippen LogP contribution in [0, 0.1) is 0 Å². The van der Waals surface area contributed by atoms with Crippen molar-refractivity contribution in [2.24, 2.45) is 12.8 Å². The van der Waals surface area contributed by atoms with Crippen LogP contribution in [0.15, 0.2) is 12.5 Å². The van der Waals surface area contributed by atoms with E-state index in [4.69, 9.17) is 5.73 Å². The molecular weight excluding hydrogens is 290 g/mol. The van der Waals surface area contributed by atoms with Crippen molar-refractivity contribution in [1.29, 1.82) is 0 Å². The van der Waals surface area contributed by atoms with Gasteiger partial charge in [0, 0.05) is 12.7 Å². The predicted octanol–water partition coefficient (Wildman–Crippen LogP) is 1.03. The van der Waals surface area contributed by atoms with E-state index in [2.05, 4.69) is 15.3 Å². The number of nitrogens with one attached hydrogen (secondary N) is 1. The fourth-order valence-electron chi connectivity index (χ4n) is 2.57. The van der Waals surface area contributed by atoms with E-state index in [1.165, 1.54) is 6.20 Å². The number of aryl methyl sites for hydroxylation is 1. The van der Waals surface area contributed by atoms with Crippen LogP contribution in [0.5, 0.6) is 0 Å². The van der Waals surface area contributed by atoms with Gasteiger partial charge < -0.3 is 15.6 Å². The second-order valence-electron chi connectivity index (χ2n) is 5.02. The molecule has 0 spiro atoms. The number of rotatable bonds is 3. The molecule has 1 aliphatic carbocycles. The summed E-state index contributed by atoms with van der Waals surface area (Å²) in [7, 11) is 1.94. The van der Waals surface area contributed by atoms with Crippen LogP contribution in [0.1, 0.15) is 39.8 Å². The Morgan fingerprint density at radius 1 is 1.48 bits per heavy atom. The van der Waals surface area contributed by atoms with Gasteiger partial charge in [-0.15, -0.1) is 0 Å². The summed E-state index contributed by atoms with van der Waals surface area (Å²) in [4.78, 5) is 32.1. The van der Waals surface area contributed by atoms with Crippen molar-refractivity contribution < 1.29 is 9.59 Å². The van der Waals surface area contributed by atoms with Gasteiger partial charge in [0.05, 0.1) is 24.1 Å². The number of amides is 2. The number of fused-ring (bicyclic) bond motifs is 1. The second kappa shape index (κ2) is 5.28. The standard InChI is InChI=1S/C13H15N5O2S/c1-18-6-16-10-7(3-2-4-8(10)18)12(20)17-13-15-5-9(21-13)11(14)19/h5-7H,2-4H2,1H3,(H2,14,19)(H,15,17,20). The lowest BCUT2D eigenvalue weighted by molar-refractivity contribution is -0.118. The Kier molecular flexibility index (Phi) is 3.46. The van der Waals surface area contributed by atoms with Gasteiger partial charge in [-0.3, -0.25) is 9.59 Å². The molecule has 3 N–H and O–H groups in total. The molecule has 1 unspecified atom stereocenters. The lowest BCUT2D eigenvalue weighted by Gasteiger charge is -2.20. The lowest BCUT2D eigenvalue weighted by Crippen LogP contribution is -2.25. The molecule has 1 atom stereocenters. The third kappa shape index (κ3) is 2.54. The number of hydrogen-bond donors (Lipinski definition) is 2. The van der Waals surface area contributed by atoms with Gasteiger partial charge >= 0.3 is 0 Å². The van der Waals surface area contributed by atoms with Gasteiger partial charge in [-0.1, -0.05) is 11.3 Å². The molecule has 1 aliphatic rings. The first-order valence-electron chi connectivity index (χ1n) is 6.63. The summed E-state index contributed by atoms with van der Waals surface area (Å²) in [5.41, 5.74) is 7.12. The number of imidazole rings is 1. The van der Waals surface area contributed by atoms with E-state index in [9.17, 15) is 9.59 Å². The number of thiazole rings is 1. The van der Waals surface area contributed by atoms with Crippen LogP contribution >= 0.6 is 11.3 Å². The number of primary amides is 1. The molecule has 0 fully saturated rings. The molecule has 3 rings (SSSR count). The summed E-state index contributed by atoms with van der Waals surface area (Å²) in [6.45, 7) is 0. The second-order valence-corrected chi connectivity index (χ2v) is 6.05. The molecule has 7 nitrogen and oxygen atoms in total. The number of carbonyl (C=O) groups is 2. The highest BCUT2D eigenvalue weighted by molar-refractivity contribution is 7.17. The van der Waals surface area contributed by atoms with Gasteiger partial charge in [0.25, 0.3) is 5.91 Å². The number of nitrogens with zero attached hydrogens (tertiary/aromatic N) is 3. The molecular formula is C13H15N5O2S. The van der Waals surface area contributed by atoms with Gasteiger partial charge in [0.2, 0.25) is 5.91 Å². The quantitative estimate of drug-likeness (QED) is 0.884. The molecule has 0 saturated carbocycles. The highest BCUT2D eigenvalue weighted by Gasteiger charge is 2.30. The zero-order valence-corrected chi connectivity index (χ0v) is 12.3. The van der Waals surface area contributed by atoms with Crippen LogP contribution in [-0.2, 0) is 18.3 Å². The van der Waals surface area contributed by atoms with Crippen molar-refractivity contribution in [1.82, 2.24) is 14.5 Å². The van der Waals surface area contributed by atoms with Gasteiger partial charge in [0.1, 0.15) is 4.88 Å². The maximum atomic E-state index is 12.4. The number of aromatic nitrogens is 3. The summed E-state index contributed by atoms with van der Waals surface area (Å²) in [5.74, 6) is -0.950. The number of anilines is 1. The minimum absolute atomic E-state index is 0.139. The molecule has 2 aromatic rings. The van der Waals surface area contributed by atoms with E-state index >= 15 is 0 Å². The molecule has 2 heterocycles. The zero-order chi connectivity index (χ0) is 15.0. The molecule has 8 heteroatoms. The van der Waals surface area contributed by atoms with Crippen LogP contribution < -0.4 is 11.1 Å². The number of hydrogen-bond acceptors (Lipinski definition) is 5. The molecule has 2 amide bonds. The Bertz CT molecular complexity index is 705. The van der Waals surface area contributed by atoms with Gasteiger partial charge in [-0.25, -0.2) is 9.97 Å². The minimum Gasteiger partial charge on any atom is -0.365 e. The Hall–Kier alpha value is -2.22. The fraction of sp³-hybridized carbons (Fsp3) is 0.385. The number of carbonyl (C=O) groups excluding carboxylic acids is 2. The van der Waals surface area contributed by atoms with Crippen LogP contribution in [0.3, 0.4) is 0 Å². The summed E-state index contributed by atoms with van der Waals surface area (Å²) >= 11 is 1.08. The van der Waals surface area contributed by atoms with Crippen molar-refractivity contribution in [2.75, 3.05) is 5.32 Å². The number of nitrogens with two attached hydrogens (primary N) is 1. The highest BCUT2D eigenvalue weighted by Crippen LogP contribution is 2.31. The molecule has 0 radical (unpaired) electrons. The molecule has 0 saturated heterocycles. The van der Waals surface area contributed by atoms with Gasteiger partial charge in [-0.05, 0) is 19.3 Å². The maximum absolute atomic E-state index is 12.4. The largest absolute Gasteiger partial charge is 0.365 e. The van der Waals surface area contributed by atoms with Crippen molar-refractivity contribution in [2.45, 2.75) is 25.2 Å². The van der Waals surface area contributed by atoms with Crippen molar-refractivity contribution in [3.8, 4) is 0 Å². The van der Waals surface area contributed by atoms with Crippen LogP contribution in [0.25, 0.3) is 0 Å². The summed E-state index contributed by atoms with van der Waals surface area (Å²) < 4.78 is 1.96. The highest BCUT2D eigenvalue weighted by atomic mass is 32.1. The summed E-state index contributed by atoms with van der Waals surface area (Å²) in [6.07, 6.45) is 5.78. The maximum Gasteiger partial charge on any atom is 0.260 e. The van der Waals surface area contributed by atoms with Crippen LogP contribution in [0.2, 0.25) is 0 Å². The normalized spacial score (nSPS) is 17.3. The van der Waals surface area contributed by atoms with E-state index in [1.807, 2.05) is 11.6 Å². The van der Waals surface area contributed by atoms with E-state index < -0.39 is 5.91 Å². The molecule has 2 aromatic heterocycles. The van der Waals surface area contributed by atoms with E-state index in [0.29, 0.717) is 10.0 Å². The zero-order valence-electron chi connectivity index (χ0n) is 11.5. The van der Waals surface area contributed by atoms with E-state index in [0.717, 1.165) is 42.0 Å². The topological polar surface area (TPSA) is 103 Å². The van der Waals surface area contributed by atoms with Crippen LogP contribution in [-0.4, -0.2) is 26.3 Å². The van der Waals surface area contributed by atoms with Crippen molar-refractivity contribution in [3.63, 3.8) is 0 Å².